The summed E-state index contributed by atoms with van der Waals surface area (Å²) in [6.45, 7) is 2.10. The highest BCUT2D eigenvalue weighted by Crippen LogP contribution is 2.45. The minimum atomic E-state index is 0.186. The molecule has 1 heterocycles. The van der Waals surface area contributed by atoms with Crippen LogP contribution in [0.3, 0.4) is 0 Å². The number of fused-ring (bicyclic) bond motifs is 3. The molecule has 1 aliphatic heterocycles. The van der Waals surface area contributed by atoms with Crippen molar-refractivity contribution in [3.05, 3.63) is 64.8 Å². The van der Waals surface area contributed by atoms with E-state index in [0.717, 1.165) is 30.4 Å². The van der Waals surface area contributed by atoms with E-state index in [4.69, 9.17) is 4.99 Å². The van der Waals surface area contributed by atoms with Gasteiger partial charge in [0.1, 0.15) is 0 Å². The van der Waals surface area contributed by atoms with Crippen LogP contribution in [-0.2, 0) is 4.79 Å². The number of allylic oxidation sites excluding steroid dienone is 5. The second kappa shape index (κ2) is 4.66. The molecule has 2 atom stereocenters. The van der Waals surface area contributed by atoms with Gasteiger partial charge in [0.2, 0.25) is 0 Å². The number of carbonyl (C=O) groups is 1. The fourth-order valence-corrected chi connectivity index (χ4v) is 3.60. The van der Waals surface area contributed by atoms with E-state index in [1.54, 1.807) is 0 Å². The monoisotopic (exact) mass is 275 g/mol. The third kappa shape index (κ3) is 1.86. The third-order valence-corrected chi connectivity index (χ3v) is 4.67. The minimum absolute atomic E-state index is 0.186. The zero-order valence-corrected chi connectivity index (χ0v) is 12.0. The highest BCUT2D eigenvalue weighted by Gasteiger charge is 2.40. The van der Waals surface area contributed by atoms with Crippen LogP contribution in [0, 0.1) is 12.8 Å². The molecule has 2 unspecified atom stereocenters. The van der Waals surface area contributed by atoms with Crippen molar-refractivity contribution in [2.24, 2.45) is 10.9 Å². The van der Waals surface area contributed by atoms with E-state index in [-0.39, 0.29) is 5.92 Å². The first-order valence-electron chi connectivity index (χ1n) is 7.50. The Kier molecular flexibility index (Phi) is 2.78. The normalized spacial score (nSPS) is 26.3. The summed E-state index contributed by atoms with van der Waals surface area (Å²) in [5.41, 5.74) is 6.87. The molecule has 1 aromatic carbocycles. The Morgan fingerprint density at radius 3 is 2.76 bits per heavy atom. The van der Waals surface area contributed by atoms with Gasteiger partial charge in [0.05, 0.1) is 17.7 Å². The molecular weight excluding hydrogens is 258 g/mol. The van der Waals surface area contributed by atoms with Gasteiger partial charge in [0, 0.05) is 5.57 Å². The topological polar surface area (TPSA) is 29.4 Å². The molecule has 2 aliphatic carbocycles. The molecule has 4 rings (SSSR count). The lowest BCUT2D eigenvalue weighted by atomic mass is 9.78. The minimum Gasteiger partial charge on any atom is -0.298 e. The number of hydrogen-bond donors (Lipinski definition) is 0. The zero-order chi connectivity index (χ0) is 14.4. The number of aldehydes is 1. The third-order valence-electron chi connectivity index (χ3n) is 4.67. The van der Waals surface area contributed by atoms with Gasteiger partial charge in [-0.3, -0.25) is 9.79 Å². The van der Waals surface area contributed by atoms with Crippen molar-refractivity contribution in [1.82, 2.24) is 0 Å². The smallest absolute Gasteiger partial charge is 0.151 e. The summed E-state index contributed by atoms with van der Waals surface area (Å²) in [6, 6.07) is 8.91. The highest BCUT2D eigenvalue weighted by atomic mass is 16.1. The van der Waals surface area contributed by atoms with Gasteiger partial charge in [0.15, 0.2) is 6.29 Å². The van der Waals surface area contributed by atoms with Crippen LogP contribution in [0.5, 0.6) is 0 Å². The van der Waals surface area contributed by atoms with Gasteiger partial charge < -0.3 is 0 Å². The Morgan fingerprint density at radius 2 is 2.00 bits per heavy atom. The van der Waals surface area contributed by atoms with Gasteiger partial charge in [-0.1, -0.05) is 42.0 Å². The van der Waals surface area contributed by atoms with Gasteiger partial charge >= 0.3 is 0 Å². The predicted molar refractivity (Wildman–Crippen MR) is 85.3 cm³/mol. The maximum absolute atomic E-state index is 11.3. The van der Waals surface area contributed by atoms with E-state index in [1.807, 2.05) is 6.08 Å². The van der Waals surface area contributed by atoms with Crippen molar-refractivity contribution >= 4 is 17.6 Å². The fraction of sp³-hybridized carbons (Fsp3) is 0.263. The standard InChI is InChI=1S/C19H17NO/c1-12-5-7-13(8-6-12)15-10-9-14(11-21)19-18(15)16-3-2-4-17(16)20-19/h3,5-11,17-18H,2,4H2,1H3. The van der Waals surface area contributed by atoms with E-state index in [0.29, 0.717) is 6.04 Å². The average Bonchev–Trinajstić information content (AvgIpc) is 3.08. The van der Waals surface area contributed by atoms with Crippen molar-refractivity contribution in [3.63, 3.8) is 0 Å². The second-order valence-corrected chi connectivity index (χ2v) is 5.97. The van der Waals surface area contributed by atoms with E-state index >= 15 is 0 Å². The van der Waals surface area contributed by atoms with Crippen molar-refractivity contribution < 1.29 is 4.79 Å². The Labute approximate surface area is 124 Å². The van der Waals surface area contributed by atoms with Gasteiger partial charge in [-0.05, 0) is 42.6 Å². The van der Waals surface area contributed by atoms with Crippen LogP contribution < -0.4 is 0 Å². The Bertz CT molecular complexity index is 731. The summed E-state index contributed by atoms with van der Waals surface area (Å²) in [5.74, 6) is 0.186. The number of aryl methyl sites for hydroxylation is 1. The van der Waals surface area contributed by atoms with Crippen LogP contribution in [0.4, 0.5) is 0 Å². The maximum Gasteiger partial charge on any atom is 0.151 e. The summed E-state index contributed by atoms with van der Waals surface area (Å²) in [7, 11) is 0. The highest BCUT2D eigenvalue weighted by molar-refractivity contribution is 6.23. The van der Waals surface area contributed by atoms with Gasteiger partial charge in [-0.2, -0.15) is 0 Å². The Hall–Kier alpha value is -2.22. The number of carbonyl (C=O) groups excluding carboxylic acids is 1. The van der Waals surface area contributed by atoms with Gasteiger partial charge in [-0.15, -0.1) is 0 Å². The molecule has 1 aromatic rings. The van der Waals surface area contributed by atoms with Crippen LogP contribution in [0.1, 0.15) is 24.0 Å². The molecule has 0 saturated heterocycles. The molecule has 2 nitrogen and oxygen atoms in total. The fourth-order valence-electron chi connectivity index (χ4n) is 3.60. The summed E-state index contributed by atoms with van der Waals surface area (Å²) in [5, 5.41) is 0. The number of rotatable bonds is 2. The van der Waals surface area contributed by atoms with E-state index < -0.39 is 0 Å². The lowest BCUT2D eigenvalue weighted by molar-refractivity contribution is -0.104. The van der Waals surface area contributed by atoms with Crippen molar-refractivity contribution in [3.8, 4) is 0 Å². The maximum atomic E-state index is 11.3. The largest absolute Gasteiger partial charge is 0.298 e. The van der Waals surface area contributed by atoms with Crippen LogP contribution in [0.15, 0.2) is 58.6 Å². The molecule has 104 valence electrons. The van der Waals surface area contributed by atoms with E-state index in [1.165, 1.54) is 22.3 Å². The summed E-state index contributed by atoms with van der Waals surface area (Å²) >= 11 is 0. The summed E-state index contributed by atoms with van der Waals surface area (Å²) < 4.78 is 0. The Morgan fingerprint density at radius 1 is 1.19 bits per heavy atom. The quantitative estimate of drug-likeness (QED) is 0.598. The van der Waals surface area contributed by atoms with Crippen LogP contribution >= 0.6 is 0 Å². The number of hydrogen-bond acceptors (Lipinski definition) is 2. The molecule has 0 fully saturated rings. The molecule has 0 radical (unpaired) electrons. The summed E-state index contributed by atoms with van der Waals surface area (Å²) in [4.78, 5) is 16.1. The first-order valence-corrected chi connectivity index (χ1v) is 7.50. The first-order chi connectivity index (χ1) is 10.3. The van der Waals surface area contributed by atoms with Crippen molar-refractivity contribution in [2.45, 2.75) is 25.8 Å². The molecule has 3 aliphatic rings. The average molecular weight is 275 g/mol. The van der Waals surface area contributed by atoms with Crippen LogP contribution in [-0.4, -0.2) is 18.0 Å². The second-order valence-electron chi connectivity index (χ2n) is 5.97. The molecule has 0 aromatic heterocycles. The first kappa shape index (κ1) is 12.5. The molecule has 0 saturated carbocycles. The molecule has 0 N–H and O–H groups in total. The lowest BCUT2D eigenvalue weighted by Gasteiger charge is -2.23. The molecule has 0 bridgehead atoms. The molecule has 0 amide bonds. The SMILES string of the molecule is Cc1ccc(C2=CC=C(C=O)C3=NC4CCC=C4C23)cc1. The molecule has 21 heavy (non-hydrogen) atoms. The zero-order valence-electron chi connectivity index (χ0n) is 12.0. The van der Waals surface area contributed by atoms with Crippen LogP contribution in [0.25, 0.3) is 5.57 Å². The summed E-state index contributed by atoms with van der Waals surface area (Å²) in [6.07, 6.45) is 9.47. The Balaban J connectivity index is 1.85. The molecule has 0 spiro atoms. The van der Waals surface area contributed by atoms with E-state index in [2.05, 4.69) is 43.3 Å². The number of benzene rings is 1. The van der Waals surface area contributed by atoms with Crippen molar-refractivity contribution in [1.29, 1.82) is 0 Å². The van der Waals surface area contributed by atoms with Gasteiger partial charge in [-0.25, -0.2) is 0 Å². The lowest BCUT2D eigenvalue weighted by Crippen LogP contribution is -2.20. The molecule has 2 heteroatoms. The molecular formula is C19H17NO. The van der Waals surface area contributed by atoms with E-state index in [9.17, 15) is 4.79 Å². The predicted octanol–water partition coefficient (Wildman–Crippen LogP) is 3.68. The number of nitrogens with zero attached hydrogens (tertiary/aromatic N) is 1. The number of aliphatic imine (C=N–C) groups is 1. The van der Waals surface area contributed by atoms with Crippen LogP contribution in [0.2, 0.25) is 0 Å². The van der Waals surface area contributed by atoms with Crippen molar-refractivity contribution in [2.75, 3.05) is 0 Å². The van der Waals surface area contributed by atoms with Gasteiger partial charge in [0.25, 0.3) is 0 Å².